The van der Waals surface area contributed by atoms with Crippen LogP contribution in [0.5, 0.6) is 0 Å². The summed E-state index contributed by atoms with van der Waals surface area (Å²) in [7, 11) is 1.30. The van der Waals surface area contributed by atoms with Crippen LogP contribution in [-0.2, 0) is 20.7 Å². The summed E-state index contributed by atoms with van der Waals surface area (Å²) < 4.78 is 18.1. The lowest BCUT2D eigenvalue weighted by molar-refractivity contribution is -0.147. The highest BCUT2D eigenvalue weighted by molar-refractivity contribution is 8.00. The van der Waals surface area contributed by atoms with Crippen molar-refractivity contribution in [2.24, 2.45) is 5.92 Å². The van der Waals surface area contributed by atoms with E-state index in [1.165, 1.54) is 31.0 Å². The number of carbonyl (C=O) groups is 2. The van der Waals surface area contributed by atoms with Crippen LogP contribution < -0.4 is 0 Å². The van der Waals surface area contributed by atoms with Gasteiger partial charge in [0, 0.05) is 11.3 Å². The number of thioether (sulfide) groups is 1. The van der Waals surface area contributed by atoms with E-state index in [4.69, 9.17) is 4.74 Å². The van der Waals surface area contributed by atoms with Crippen molar-refractivity contribution in [3.63, 3.8) is 0 Å². The van der Waals surface area contributed by atoms with Crippen molar-refractivity contribution in [2.75, 3.05) is 12.9 Å². The van der Waals surface area contributed by atoms with Crippen molar-refractivity contribution in [2.45, 2.75) is 17.7 Å². The van der Waals surface area contributed by atoms with E-state index in [0.717, 1.165) is 4.90 Å². The number of esters is 1. The van der Waals surface area contributed by atoms with Gasteiger partial charge in [0.05, 0.1) is 18.8 Å². The normalized spacial score (nSPS) is 11.8. The van der Waals surface area contributed by atoms with Crippen molar-refractivity contribution in [1.82, 2.24) is 0 Å². The highest BCUT2D eigenvalue weighted by Gasteiger charge is 2.23. The Balaban J connectivity index is 1.95. The number of hydrogen-bond donors (Lipinski definition) is 0. The van der Waals surface area contributed by atoms with Gasteiger partial charge >= 0.3 is 5.97 Å². The second kappa shape index (κ2) is 9.23. The van der Waals surface area contributed by atoms with Gasteiger partial charge in [-0.15, -0.1) is 11.8 Å². The van der Waals surface area contributed by atoms with E-state index in [2.05, 4.69) is 0 Å². The summed E-state index contributed by atoms with van der Waals surface area (Å²) >= 11 is 1.44. The predicted octanol–water partition coefficient (Wildman–Crippen LogP) is 3.91. The molecule has 1 unspecified atom stereocenters. The van der Waals surface area contributed by atoms with Gasteiger partial charge in [-0.1, -0.05) is 30.3 Å². The van der Waals surface area contributed by atoms with Gasteiger partial charge in [0.2, 0.25) is 0 Å². The van der Waals surface area contributed by atoms with E-state index in [1.807, 2.05) is 30.3 Å². The monoisotopic (exact) mass is 346 g/mol. The summed E-state index contributed by atoms with van der Waals surface area (Å²) in [5.74, 6) is -1.14. The SMILES string of the molecule is COC(=O)C(CC(=O)CSc1ccccc1)Cc1cccc(F)c1. The molecule has 0 heterocycles. The van der Waals surface area contributed by atoms with E-state index in [0.29, 0.717) is 11.3 Å². The topological polar surface area (TPSA) is 43.4 Å². The first-order valence-electron chi connectivity index (χ1n) is 7.60. The van der Waals surface area contributed by atoms with Crippen LogP contribution in [0.1, 0.15) is 12.0 Å². The Bertz CT molecular complexity index is 688. The molecule has 3 nitrogen and oxygen atoms in total. The molecule has 0 spiro atoms. The predicted molar refractivity (Wildman–Crippen MR) is 92.4 cm³/mol. The summed E-state index contributed by atoms with van der Waals surface area (Å²) in [6, 6.07) is 15.6. The Labute approximate surface area is 145 Å². The zero-order valence-electron chi connectivity index (χ0n) is 13.4. The number of benzene rings is 2. The maximum absolute atomic E-state index is 13.3. The number of Topliss-reactive ketones (excluding diaryl/α,β-unsaturated/α-hetero) is 1. The average Bonchev–Trinajstić information content (AvgIpc) is 2.59. The van der Waals surface area contributed by atoms with E-state index in [-0.39, 0.29) is 24.4 Å². The van der Waals surface area contributed by atoms with Gasteiger partial charge in [-0.05, 0) is 36.2 Å². The first kappa shape index (κ1) is 18.2. The van der Waals surface area contributed by atoms with Gasteiger partial charge in [0.1, 0.15) is 11.6 Å². The lowest BCUT2D eigenvalue weighted by Gasteiger charge is -2.14. The molecule has 2 aromatic rings. The zero-order chi connectivity index (χ0) is 17.4. The van der Waals surface area contributed by atoms with Crippen LogP contribution in [-0.4, -0.2) is 24.6 Å². The molecule has 1 atom stereocenters. The molecule has 0 amide bonds. The van der Waals surface area contributed by atoms with Gasteiger partial charge in [-0.2, -0.15) is 0 Å². The molecule has 2 aromatic carbocycles. The fourth-order valence-electron chi connectivity index (χ4n) is 2.37. The Morgan fingerprint density at radius 3 is 2.54 bits per heavy atom. The standard InChI is InChI=1S/C19H19FO3S/c1-23-19(22)15(10-14-6-5-7-16(20)11-14)12-17(21)13-24-18-8-3-2-4-9-18/h2-9,11,15H,10,12-13H2,1H3. The van der Waals surface area contributed by atoms with Crippen molar-refractivity contribution in [1.29, 1.82) is 0 Å². The van der Waals surface area contributed by atoms with Gasteiger partial charge in [0.25, 0.3) is 0 Å². The van der Waals surface area contributed by atoms with Gasteiger partial charge in [-0.25, -0.2) is 4.39 Å². The molecule has 126 valence electrons. The lowest BCUT2D eigenvalue weighted by Crippen LogP contribution is -2.23. The van der Waals surface area contributed by atoms with Gasteiger partial charge < -0.3 is 4.74 Å². The van der Waals surface area contributed by atoms with Crippen LogP contribution in [0.15, 0.2) is 59.5 Å². The van der Waals surface area contributed by atoms with Crippen molar-refractivity contribution in [3.05, 3.63) is 66.0 Å². The fourth-order valence-corrected chi connectivity index (χ4v) is 3.16. The van der Waals surface area contributed by atoms with Crippen LogP contribution in [0.2, 0.25) is 0 Å². The Morgan fingerprint density at radius 1 is 1.12 bits per heavy atom. The third kappa shape index (κ3) is 5.81. The number of hydrogen-bond acceptors (Lipinski definition) is 4. The highest BCUT2D eigenvalue weighted by atomic mass is 32.2. The molecule has 0 aliphatic rings. The van der Waals surface area contributed by atoms with Crippen LogP contribution in [0.3, 0.4) is 0 Å². The molecule has 0 aliphatic carbocycles. The van der Waals surface area contributed by atoms with Gasteiger partial charge in [-0.3, -0.25) is 9.59 Å². The first-order valence-corrected chi connectivity index (χ1v) is 8.59. The highest BCUT2D eigenvalue weighted by Crippen LogP contribution is 2.20. The van der Waals surface area contributed by atoms with Crippen molar-refractivity contribution in [3.8, 4) is 0 Å². The number of halogens is 1. The molecular formula is C19H19FO3S. The number of carbonyl (C=O) groups excluding carboxylic acids is 2. The largest absolute Gasteiger partial charge is 0.469 e. The Kier molecular flexibility index (Phi) is 7.00. The number of rotatable bonds is 8. The van der Waals surface area contributed by atoms with E-state index in [1.54, 1.807) is 12.1 Å². The minimum absolute atomic E-state index is 0.0318. The smallest absolute Gasteiger partial charge is 0.309 e. The molecule has 0 radical (unpaired) electrons. The summed E-state index contributed by atoms with van der Waals surface area (Å²) in [6.07, 6.45) is 0.370. The van der Waals surface area contributed by atoms with E-state index in [9.17, 15) is 14.0 Å². The third-order valence-corrected chi connectivity index (χ3v) is 4.59. The molecule has 5 heteroatoms. The molecule has 0 saturated heterocycles. The van der Waals surface area contributed by atoms with Crippen molar-refractivity contribution < 1.29 is 18.7 Å². The van der Waals surface area contributed by atoms with Crippen LogP contribution >= 0.6 is 11.8 Å². The van der Waals surface area contributed by atoms with Crippen LogP contribution in [0.25, 0.3) is 0 Å². The summed E-state index contributed by atoms with van der Waals surface area (Å²) in [6.45, 7) is 0. The molecule has 0 N–H and O–H groups in total. The second-order valence-electron chi connectivity index (χ2n) is 5.40. The average molecular weight is 346 g/mol. The molecule has 0 fully saturated rings. The minimum atomic E-state index is -0.597. The third-order valence-electron chi connectivity index (χ3n) is 3.52. The molecular weight excluding hydrogens is 327 g/mol. The first-order chi connectivity index (χ1) is 11.6. The van der Waals surface area contributed by atoms with Crippen LogP contribution in [0, 0.1) is 11.7 Å². The maximum atomic E-state index is 13.3. The number of ketones is 1. The molecule has 2 rings (SSSR count). The molecule has 0 bridgehead atoms. The minimum Gasteiger partial charge on any atom is -0.469 e. The Hall–Kier alpha value is -2.14. The maximum Gasteiger partial charge on any atom is 0.309 e. The summed E-state index contributed by atoms with van der Waals surface area (Å²) in [5, 5.41) is 0. The molecule has 0 aliphatic heterocycles. The molecule has 24 heavy (non-hydrogen) atoms. The Morgan fingerprint density at radius 2 is 1.88 bits per heavy atom. The van der Waals surface area contributed by atoms with Crippen LogP contribution in [0.4, 0.5) is 4.39 Å². The number of methoxy groups -OCH3 is 1. The molecule has 0 saturated carbocycles. The molecule has 0 aromatic heterocycles. The fraction of sp³-hybridized carbons (Fsp3) is 0.263. The summed E-state index contributed by atoms with van der Waals surface area (Å²) in [5.41, 5.74) is 0.675. The lowest BCUT2D eigenvalue weighted by atomic mass is 9.94. The van der Waals surface area contributed by atoms with E-state index < -0.39 is 11.9 Å². The van der Waals surface area contributed by atoms with Gasteiger partial charge in [0.15, 0.2) is 0 Å². The quantitative estimate of drug-likeness (QED) is 0.537. The van der Waals surface area contributed by atoms with E-state index >= 15 is 0 Å². The second-order valence-corrected chi connectivity index (χ2v) is 6.45. The van der Waals surface area contributed by atoms with Crippen molar-refractivity contribution >= 4 is 23.5 Å². The summed E-state index contributed by atoms with van der Waals surface area (Å²) in [4.78, 5) is 25.1. The number of ether oxygens (including phenoxy) is 1. The zero-order valence-corrected chi connectivity index (χ0v) is 14.2.